The summed E-state index contributed by atoms with van der Waals surface area (Å²) in [6.45, 7) is 8.66. The number of aryl methyl sites for hydroxylation is 2. The van der Waals surface area contributed by atoms with Crippen LogP contribution < -0.4 is 19.7 Å². The van der Waals surface area contributed by atoms with Gasteiger partial charge in [-0.25, -0.2) is 24.7 Å². The smallest absolute Gasteiger partial charge is 0.410 e. The van der Waals surface area contributed by atoms with Gasteiger partial charge in [-0.05, 0) is 63.6 Å². The predicted molar refractivity (Wildman–Crippen MR) is 172 cm³/mol. The molecule has 0 bridgehead atoms. The summed E-state index contributed by atoms with van der Waals surface area (Å²) in [5.41, 5.74) is 3.85. The number of hydrogen-bond donors (Lipinski definition) is 1. The van der Waals surface area contributed by atoms with Gasteiger partial charge < -0.3 is 33.9 Å². The molecule has 3 aromatic heterocycles. The van der Waals surface area contributed by atoms with Crippen LogP contribution in [0.15, 0.2) is 55.2 Å². The van der Waals surface area contributed by atoms with Crippen molar-refractivity contribution in [1.82, 2.24) is 29.4 Å². The van der Waals surface area contributed by atoms with Gasteiger partial charge in [0.25, 0.3) is 0 Å². The minimum Gasteiger partial charge on any atom is -0.483 e. The van der Waals surface area contributed by atoms with Gasteiger partial charge in [0.05, 0.1) is 40.5 Å². The van der Waals surface area contributed by atoms with Crippen LogP contribution in [-0.2, 0) is 11.8 Å². The SMILES string of the molecule is Cc1cc(Nc2ncnc3cnc4c(c23)O[C@@H]2CCN(C(=O)OC(C)(C)C)C[C@H]2N4C)ccc1Oc1ccc2c(c1)ncn2C. The van der Waals surface area contributed by atoms with Crippen LogP contribution in [0.4, 0.5) is 22.1 Å². The molecule has 5 aromatic rings. The molecule has 5 heterocycles. The third-order valence-corrected chi connectivity index (χ3v) is 8.25. The molecule has 0 unspecified atom stereocenters. The molecule has 45 heavy (non-hydrogen) atoms. The van der Waals surface area contributed by atoms with Crippen molar-refractivity contribution in [1.29, 1.82) is 0 Å². The number of carbonyl (C=O) groups excluding carboxylic acids is 1. The van der Waals surface area contributed by atoms with Crippen molar-refractivity contribution in [2.45, 2.75) is 51.9 Å². The van der Waals surface area contributed by atoms with Crippen molar-refractivity contribution in [2.75, 3.05) is 30.4 Å². The molecule has 12 heteroatoms. The lowest BCUT2D eigenvalue weighted by atomic mass is 9.98. The van der Waals surface area contributed by atoms with Crippen LogP contribution in [0.25, 0.3) is 21.9 Å². The maximum absolute atomic E-state index is 12.8. The number of nitrogens with one attached hydrogen (secondary N) is 1. The Morgan fingerprint density at radius 2 is 1.89 bits per heavy atom. The zero-order chi connectivity index (χ0) is 31.5. The fourth-order valence-corrected chi connectivity index (χ4v) is 5.98. The van der Waals surface area contributed by atoms with Crippen LogP contribution in [0.5, 0.6) is 17.2 Å². The first-order valence-corrected chi connectivity index (χ1v) is 15.0. The predicted octanol–water partition coefficient (Wildman–Crippen LogP) is 5.96. The topological polar surface area (TPSA) is 120 Å². The third-order valence-electron chi connectivity index (χ3n) is 8.25. The van der Waals surface area contributed by atoms with E-state index < -0.39 is 5.60 Å². The number of aromatic nitrogens is 5. The zero-order valence-corrected chi connectivity index (χ0v) is 26.2. The van der Waals surface area contributed by atoms with Crippen LogP contribution in [0.1, 0.15) is 32.8 Å². The maximum atomic E-state index is 12.8. The van der Waals surface area contributed by atoms with E-state index in [-0.39, 0.29) is 18.2 Å². The quantitative estimate of drug-likeness (QED) is 0.262. The van der Waals surface area contributed by atoms with E-state index in [0.29, 0.717) is 42.4 Å². The second-order valence-corrected chi connectivity index (χ2v) is 12.7. The number of piperidine rings is 1. The number of likely N-dealkylation sites (tertiary alicyclic amines) is 1. The van der Waals surface area contributed by atoms with Gasteiger partial charge in [-0.3, -0.25) is 0 Å². The standard InChI is InChI=1S/C33H36N8O4/c1-19-13-20(7-10-26(19)43-21-8-9-24-22(14-21)37-18-39(24)5)38-30-28-23(35-17-36-30)15-34-31-29(28)44-27-11-12-41(16-25(27)40(31)6)32(42)45-33(2,3)4/h7-10,13-15,17-18,25,27H,11-12,16H2,1-6H3,(H,35,36,38)/t25-,27-/m1/s1. The molecular formula is C33H36N8O4. The fraction of sp³-hybridized carbons (Fsp3) is 0.364. The largest absolute Gasteiger partial charge is 0.483 e. The Morgan fingerprint density at radius 1 is 1.04 bits per heavy atom. The molecule has 12 nitrogen and oxygen atoms in total. The van der Waals surface area contributed by atoms with Crippen molar-refractivity contribution in [3.05, 3.63) is 60.8 Å². The molecular weight excluding hydrogens is 572 g/mol. The summed E-state index contributed by atoms with van der Waals surface area (Å²) in [6, 6.07) is 11.7. The van der Waals surface area contributed by atoms with Crippen LogP contribution in [-0.4, -0.2) is 73.4 Å². The Labute approximate surface area is 261 Å². The molecule has 2 aliphatic heterocycles. The van der Waals surface area contributed by atoms with Gasteiger partial charge in [0.1, 0.15) is 35.3 Å². The van der Waals surface area contributed by atoms with Crippen LogP contribution in [0.3, 0.4) is 0 Å². The first-order valence-electron chi connectivity index (χ1n) is 15.0. The van der Waals surface area contributed by atoms with E-state index in [1.807, 2.05) is 82.8 Å². The van der Waals surface area contributed by atoms with E-state index in [1.165, 1.54) is 6.33 Å². The lowest BCUT2D eigenvalue weighted by Crippen LogP contribution is -2.59. The normalized spacial score (nSPS) is 17.9. The molecule has 232 valence electrons. The second kappa shape index (κ2) is 10.8. The molecule has 1 fully saturated rings. The minimum atomic E-state index is -0.555. The average molecular weight is 609 g/mol. The molecule has 7 rings (SSSR count). The Morgan fingerprint density at radius 3 is 2.69 bits per heavy atom. The average Bonchev–Trinajstić information content (AvgIpc) is 3.37. The Balaban J connectivity index is 1.14. The van der Waals surface area contributed by atoms with Crippen LogP contribution in [0, 0.1) is 6.92 Å². The van der Waals surface area contributed by atoms with Gasteiger partial charge in [-0.15, -0.1) is 0 Å². The number of hydrogen-bond acceptors (Lipinski definition) is 10. The van der Waals surface area contributed by atoms with Crippen molar-refractivity contribution in [3.8, 4) is 17.2 Å². The molecule has 1 saturated heterocycles. The summed E-state index contributed by atoms with van der Waals surface area (Å²) in [7, 11) is 3.96. The summed E-state index contributed by atoms with van der Waals surface area (Å²) >= 11 is 0. The lowest BCUT2D eigenvalue weighted by molar-refractivity contribution is 0.00619. The van der Waals surface area contributed by atoms with Gasteiger partial charge in [0, 0.05) is 45.4 Å². The van der Waals surface area contributed by atoms with E-state index in [2.05, 4.69) is 25.2 Å². The number of anilines is 3. The van der Waals surface area contributed by atoms with Gasteiger partial charge in [-0.1, -0.05) is 0 Å². The number of benzene rings is 2. The van der Waals surface area contributed by atoms with E-state index in [4.69, 9.17) is 19.2 Å². The molecule has 0 saturated carbocycles. The fourth-order valence-electron chi connectivity index (χ4n) is 5.98. The van der Waals surface area contributed by atoms with E-state index in [1.54, 1.807) is 17.4 Å². The molecule has 0 aliphatic carbocycles. The highest BCUT2D eigenvalue weighted by atomic mass is 16.6. The summed E-state index contributed by atoms with van der Waals surface area (Å²) in [5.74, 6) is 3.40. The molecule has 1 N–H and O–H groups in total. The van der Waals surface area contributed by atoms with Crippen LogP contribution >= 0.6 is 0 Å². The lowest BCUT2D eigenvalue weighted by Gasteiger charge is -2.46. The summed E-state index contributed by atoms with van der Waals surface area (Å²) in [6.07, 6.45) is 5.26. The van der Waals surface area contributed by atoms with Crippen molar-refractivity contribution < 1.29 is 19.0 Å². The molecule has 2 aliphatic rings. The van der Waals surface area contributed by atoms with Gasteiger partial charge in [0.2, 0.25) is 0 Å². The zero-order valence-electron chi connectivity index (χ0n) is 26.2. The number of amides is 1. The second-order valence-electron chi connectivity index (χ2n) is 12.7. The van der Waals surface area contributed by atoms with E-state index in [9.17, 15) is 4.79 Å². The minimum absolute atomic E-state index is 0.0710. The molecule has 0 spiro atoms. The highest BCUT2D eigenvalue weighted by molar-refractivity contribution is 5.99. The highest BCUT2D eigenvalue weighted by Crippen LogP contribution is 2.43. The number of fused-ring (bicyclic) bond motifs is 5. The summed E-state index contributed by atoms with van der Waals surface area (Å²) in [4.78, 5) is 34.9. The van der Waals surface area contributed by atoms with Gasteiger partial charge in [0.15, 0.2) is 11.6 Å². The third kappa shape index (κ3) is 5.41. The highest BCUT2D eigenvalue weighted by Gasteiger charge is 2.42. The first-order chi connectivity index (χ1) is 21.5. The van der Waals surface area contributed by atoms with Crippen LogP contribution in [0.2, 0.25) is 0 Å². The van der Waals surface area contributed by atoms with Gasteiger partial charge >= 0.3 is 6.09 Å². The van der Waals surface area contributed by atoms with Crippen molar-refractivity contribution in [3.63, 3.8) is 0 Å². The number of carbonyl (C=O) groups is 1. The Kier molecular flexibility index (Phi) is 6.87. The summed E-state index contributed by atoms with van der Waals surface area (Å²) < 4.78 is 20.5. The number of imidazole rings is 1. The number of nitrogens with zero attached hydrogens (tertiary/aromatic N) is 7. The number of rotatable bonds is 4. The Bertz CT molecular complexity index is 1930. The Hall–Kier alpha value is -5.13. The molecule has 2 aromatic carbocycles. The number of likely N-dealkylation sites (N-methyl/N-ethyl adjacent to an activating group) is 1. The first kappa shape index (κ1) is 28.6. The van der Waals surface area contributed by atoms with Crippen molar-refractivity contribution >= 4 is 45.4 Å². The van der Waals surface area contributed by atoms with E-state index in [0.717, 1.165) is 39.2 Å². The molecule has 1 amide bonds. The summed E-state index contributed by atoms with van der Waals surface area (Å²) in [5, 5.41) is 4.23. The number of ether oxygens (including phenoxy) is 3. The molecule has 2 atom stereocenters. The van der Waals surface area contributed by atoms with Crippen molar-refractivity contribution in [2.24, 2.45) is 7.05 Å². The maximum Gasteiger partial charge on any atom is 0.410 e. The number of pyridine rings is 1. The van der Waals surface area contributed by atoms with Gasteiger partial charge in [-0.2, -0.15) is 0 Å². The monoisotopic (exact) mass is 608 g/mol. The molecule has 0 radical (unpaired) electrons. The van der Waals surface area contributed by atoms with E-state index >= 15 is 0 Å².